The van der Waals surface area contributed by atoms with Crippen LogP contribution in [0.15, 0.2) is 54.1 Å². The maximum Gasteiger partial charge on any atom is 0.334 e. The summed E-state index contributed by atoms with van der Waals surface area (Å²) in [5.41, 5.74) is 4.58. The molecule has 0 saturated carbocycles. The Hall–Kier alpha value is -2.09. The van der Waals surface area contributed by atoms with Crippen LogP contribution in [0, 0.1) is 5.41 Å². The minimum absolute atomic E-state index is 0.199. The van der Waals surface area contributed by atoms with Gasteiger partial charge in [-0.1, -0.05) is 56.8 Å². The smallest absolute Gasteiger partial charge is 0.334 e. The summed E-state index contributed by atoms with van der Waals surface area (Å²) in [5, 5.41) is 0. The molecule has 1 atom stereocenters. The molecule has 0 spiro atoms. The van der Waals surface area contributed by atoms with E-state index in [1.165, 1.54) is 11.1 Å². The summed E-state index contributed by atoms with van der Waals surface area (Å²) in [5.74, 6) is -0.340. The van der Waals surface area contributed by atoms with E-state index >= 15 is 0 Å². The zero-order valence-corrected chi connectivity index (χ0v) is 14.4. The lowest BCUT2D eigenvalue weighted by Crippen LogP contribution is -2.29. The van der Waals surface area contributed by atoms with Gasteiger partial charge in [0.1, 0.15) is 0 Å². The van der Waals surface area contributed by atoms with Crippen LogP contribution in [-0.4, -0.2) is 5.97 Å². The third kappa shape index (κ3) is 2.56. The van der Waals surface area contributed by atoms with Crippen LogP contribution in [0.3, 0.4) is 0 Å². The van der Waals surface area contributed by atoms with Crippen LogP contribution in [0.5, 0.6) is 0 Å². The second-order valence-electron chi connectivity index (χ2n) is 7.59. The number of fused-ring (bicyclic) bond motifs is 2. The van der Waals surface area contributed by atoms with E-state index in [9.17, 15) is 4.79 Å². The molecule has 2 aliphatic carbocycles. The minimum Gasteiger partial charge on any atom is -0.446 e. The molecular formula is C21H24O2. The quantitative estimate of drug-likeness (QED) is 0.557. The number of ether oxygens (including phenoxy) is 1. The third-order valence-corrected chi connectivity index (χ3v) is 4.86. The molecule has 0 heterocycles. The molecule has 0 bridgehead atoms. The highest BCUT2D eigenvalue weighted by Gasteiger charge is 2.45. The molecule has 23 heavy (non-hydrogen) atoms. The molecule has 1 unspecified atom stereocenters. The highest BCUT2D eigenvalue weighted by atomic mass is 16.6. The molecular weight excluding hydrogens is 284 g/mol. The second kappa shape index (κ2) is 5.23. The van der Waals surface area contributed by atoms with Crippen molar-refractivity contribution in [2.45, 2.75) is 46.1 Å². The first-order valence-corrected chi connectivity index (χ1v) is 8.13. The number of rotatable bonds is 2. The van der Waals surface area contributed by atoms with E-state index in [2.05, 4.69) is 50.8 Å². The van der Waals surface area contributed by atoms with Crippen molar-refractivity contribution in [1.82, 2.24) is 0 Å². The van der Waals surface area contributed by atoms with Crippen LogP contribution >= 0.6 is 0 Å². The monoisotopic (exact) mass is 308 g/mol. The third-order valence-electron chi connectivity index (χ3n) is 4.86. The Morgan fingerprint density at radius 1 is 1.22 bits per heavy atom. The summed E-state index contributed by atoms with van der Waals surface area (Å²) >= 11 is 0. The molecule has 2 nitrogen and oxygen atoms in total. The normalized spacial score (nSPS) is 24.7. The molecule has 0 radical (unpaired) electrons. The Morgan fingerprint density at radius 2 is 1.91 bits per heavy atom. The fourth-order valence-electron chi connectivity index (χ4n) is 3.62. The molecule has 1 aromatic rings. The standard InChI is InChI=1S/C21H24O2/c1-14(2)19(22)23-21(5)17-10-7-6-9-15(17)16-13-20(3,4)12-8-11-18(16)21/h6-11H,1,12-13H2,2-5H3. The highest BCUT2D eigenvalue weighted by Crippen LogP contribution is 2.53. The van der Waals surface area contributed by atoms with Crippen molar-refractivity contribution in [2.75, 3.05) is 0 Å². The molecule has 0 N–H and O–H groups in total. The van der Waals surface area contributed by atoms with E-state index in [1.807, 2.05) is 13.0 Å². The maximum absolute atomic E-state index is 12.2. The zero-order chi connectivity index (χ0) is 16.8. The van der Waals surface area contributed by atoms with E-state index in [4.69, 9.17) is 4.74 Å². The highest BCUT2D eigenvalue weighted by molar-refractivity contribution is 5.90. The van der Waals surface area contributed by atoms with Gasteiger partial charge in [-0.3, -0.25) is 0 Å². The van der Waals surface area contributed by atoms with Crippen LogP contribution < -0.4 is 0 Å². The molecule has 0 aliphatic heterocycles. The number of esters is 1. The SMILES string of the molecule is C=C(C)C(=O)OC1(C)C2=C(CC(C)(C)CC=C2)c2ccccc21. The summed E-state index contributed by atoms with van der Waals surface area (Å²) in [6, 6.07) is 8.26. The van der Waals surface area contributed by atoms with Gasteiger partial charge in [0.05, 0.1) is 0 Å². The topological polar surface area (TPSA) is 26.3 Å². The Morgan fingerprint density at radius 3 is 2.61 bits per heavy atom. The fourth-order valence-corrected chi connectivity index (χ4v) is 3.62. The molecule has 0 saturated heterocycles. The summed E-state index contributed by atoms with van der Waals surface area (Å²) in [6.45, 7) is 12.0. The summed E-state index contributed by atoms with van der Waals surface area (Å²) in [4.78, 5) is 12.2. The van der Waals surface area contributed by atoms with Gasteiger partial charge in [0.25, 0.3) is 0 Å². The van der Waals surface area contributed by atoms with Gasteiger partial charge < -0.3 is 4.74 Å². The number of allylic oxidation sites excluding steroid dienone is 2. The minimum atomic E-state index is -0.737. The molecule has 0 amide bonds. The number of carbonyl (C=O) groups excluding carboxylic acids is 1. The first-order chi connectivity index (χ1) is 10.7. The Balaban J connectivity index is 2.17. The van der Waals surface area contributed by atoms with Gasteiger partial charge >= 0.3 is 5.97 Å². The molecule has 1 aromatic carbocycles. The first-order valence-electron chi connectivity index (χ1n) is 8.13. The van der Waals surface area contributed by atoms with Gasteiger partial charge in [-0.2, -0.15) is 0 Å². The van der Waals surface area contributed by atoms with Crippen molar-refractivity contribution >= 4 is 11.5 Å². The van der Waals surface area contributed by atoms with Crippen LogP contribution in [-0.2, 0) is 15.1 Å². The van der Waals surface area contributed by atoms with E-state index in [1.54, 1.807) is 6.92 Å². The number of benzene rings is 1. The van der Waals surface area contributed by atoms with Crippen molar-refractivity contribution < 1.29 is 9.53 Å². The van der Waals surface area contributed by atoms with Crippen LogP contribution in [0.1, 0.15) is 51.7 Å². The van der Waals surface area contributed by atoms with Crippen molar-refractivity contribution in [3.05, 3.63) is 65.3 Å². The molecule has 2 heteroatoms. The lowest BCUT2D eigenvalue weighted by atomic mass is 9.82. The summed E-state index contributed by atoms with van der Waals surface area (Å²) in [7, 11) is 0. The van der Waals surface area contributed by atoms with Gasteiger partial charge in [0, 0.05) is 16.7 Å². The average Bonchev–Trinajstić information content (AvgIpc) is 2.60. The lowest BCUT2D eigenvalue weighted by molar-refractivity contribution is -0.150. The Labute approximate surface area is 138 Å². The van der Waals surface area contributed by atoms with Crippen molar-refractivity contribution in [1.29, 1.82) is 0 Å². The molecule has 2 aliphatic rings. The number of carbonyl (C=O) groups is 1. The van der Waals surface area contributed by atoms with E-state index < -0.39 is 5.60 Å². The zero-order valence-electron chi connectivity index (χ0n) is 14.4. The van der Waals surface area contributed by atoms with Gasteiger partial charge in [-0.15, -0.1) is 0 Å². The first kappa shape index (κ1) is 15.8. The molecule has 0 aromatic heterocycles. The van der Waals surface area contributed by atoms with Crippen LogP contribution in [0.2, 0.25) is 0 Å². The fraction of sp³-hybridized carbons (Fsp3) is 0.381. The van der Waals surface area contributed by atoms with Gasteiger partial charge in [0.15, 0.2) is 5.60 Å². The van der Waals surface area contributed by atoms with Crippen molar-refractivity contribution in [2.24, 2.45) is 5.41 Å². The molecule has 120 valence electrons. The predicted octanol–water partition coefficient (Wildman–Crippen LogP) is 5.16. The largest absolute Gasteiger partial charge is 0.446 e. The molecule has 3 rings (SSSR count). The molecule has 0 fully saturated rings. The number of hydrogen-bond donors (Lipinski definition) is 0. The van der Waals surface area contributed by atoms with E-state index in [0.717, 1.165) is 24.0 Å². The lowest BCUT2D eigenvalue weighted by Gasteiger charge is -2.28. The maximum atomic E-state index is 12.2. The number of hydrogen-bond acceptors (Lipinski definition) is 2. The van der Waals surface area contributed by atoms with Gasteiger partial charge in [0.2, 0.25) is 0 Å². The Bertz CT molecular complexity index is 749. The van der Waals surface area contributed by atoms with Crippen molar-refractivity contribution in [3.8, 4) is 0 Å². The second-order valence-corrected chi connectivity index (χ2v) is 7.59. The summed E-state index contributed by atoms with van der Waals surface area (Å²) in [6.07, 6.45) is 6.36. The van der Waals surface area contributed by atoms with Crippen LogP contribution in [0.25, 0.3) is 5.57 Å². The Kier molecular flexibility index (Phi) is 3.59. The summed E-state index contributed by atoms with van der Waals surface area (Å²) < 4.78 is 5.93. The van der Waals surface area contributed by atoms with Crippen LogP contribution in [0.4, 0.5) is 0 Å². The van der Waals surface area contributed by atoms with Gasteiger partial charge in [-0.05, 0) is 43.2 Å². The predicted molar refractivity (Wildman–Crippen MR) is 93.8 cm³/mol. The van der Waals surface area contributed by atoms with E-state index in [0.29, 0.717) is 5.57 Å². The van der Waals surface area contributed by atoms with Crippen molar-refractivity contribution in [3.63, 3.8) is 0 Å². The van der Waals surface area contributed by atoms with E-state index in [-0.39, 0.29) is 11.4 Å². The average molecular weight is 308 g/mol. The van der Waals surface area contributed by atoms with Gasteiger partial charge in [-0.25, -0.2) is 4.79 Å².